The summed E-state index contributed by atoms with van der Waals surface area (Å²) in [6, 6.07) is 0. The second kappa shape index (κ2) is 37.5. The van der Waals surface area contributed by atoms with E-state index in [4.69, 9.17) is 63.3 Å². The first-order chi connectivity index (χ1) is 36.8. The van der Waals surface area contributed by atoms with Crippen LogP contribution in [0.25, 0.3) is 0 Å². The Balaban J connectivity index is 1.45. The predicted molar refractivity (Wildman–Crippen MR) is 267 cm³/mol. The lowest BCUT2D eigenvalue weighted by molar-refractivity contribution is -0.388. The van der Waals surface area contributed by atoms with Crippen molar-refractivity contribution in [1.29, 1.82) is 0 Å². The first kappa shape index (κ1) is 66.1. The third kappa shape index (κ3) is 21.2. The summed E-state index contributed by atoms with van der Waals surface area (Å²) in [5, 5.41) is 119. The fraction of sp³-hybridized carbons (Fsp3) is 0.887. The van der Waals surface area contributed by atoms with Crippen molar-refractivity contribution in [2.75, 3.05) is 72.7 Å². The number of aliphatic hydroxyl groups excluding tert-OH is 11. The van der Waals surface area contributed by atoms with Crippen LogP contribution in [0.4, 0.5) is 0 Å². The molecule has 4 aliphatic heterocycles. The lowest BCUT2D eigenvalue weighted by Gasteiger charge is -2.50. The summed E-state index contributed by atoms with van der Waals surface area (Å²) in [7, 11) is 0. The van der Waals surface area contributed by atoms with E-state index < -0.39 is 156 Å². The minimum atomic E-state index is -2.00. The van der Waals surface area contributed by atoms with Gasteiger partial charge in [-0.25, -0.2) is 0 Å². The maximum atomic E-state index is 12.0. The molecule has 4 fully saturated rings. The van der Waals surface area contributed by atoms with E-state index in [2.05, 4.69) is 36.7 Å². The van der Waals surface area contributed by atoms with Gasteiger partial charge in [0.15, 0.2) is 18.9 Å². The number of hydrogen-bond donors (Lipinski definition) is 11. The molecule has 23 nitrogen and oxygen atoms in total. The van der Waals surface area contributed by atoms with Crippen LogP contribution in [-0.4, -0.2) is 251 Å². The highest BCUT2D eigenvalue weighted by atomic mass is 16.8. The Morgan fingerprint density at radius 3 is 1.51 bits per heavy atom. The molecule has 0 spiro atoms. The van der Waals surface area contributed by atoms with Gasteiger partial charge < -0.3 is 113 Å². The molecule has 4 saturated heterocycles. The molecule has 20 atom stereocenters. The van der Waals surface area contributed by atoms with E-state index in [-0.39, 0.29) is 33.0 Å². The molecule has 0 aliphatic carbocycles. The number of ether oxygens (including phenoxy) is 12. The Morgan fingerprint density at radius 1 is 0.421 bits per heavy atom. The minimum Gasteiger partial charge on any atom is -0.443 e. The Labute approximate surface area is 447 Å². The topological polar surface area (TPSA) is 333 Å². The Kier molecular flexibility index (Phi) is 32.6. The van der Waals surface area contributed by atoms with E-state index in [9.17, 15) is 56.2 Å². The van der Waals surface area contributed by atoms with Crippen LogP contribution in [0, 0.1) is 36.2 Å². The van der Waals surface area contributed by atoms with Gasteiger partial charge >= 0.3 is 0 Å². The fourth-order valence-corrected chi connectivity index (χ4v) is 9.40. The fourth-order valence-electron chi connectivity index (χ4n) is 9.40. The monoisotopic (exact) mass is 1090 g/mol. The van der Waals surface area contributed by atoms with Crippen LogP contribution in [0.5, 0.6) is 0 Å². The van der Waals surface area contributed by atoms with Crippen molar-refractivity contribution in [2.24, 2.45) is 0 Å². The molecule has 0 radical (unpaired) electrons. The molecule has 76 heavy (non-hydrogen) atoms. The molecule has 0 saturated carbocycles. The van der Waals surface area contributed by atoms with Gasteiger partial charge in [0.2, 0.25) is 0 Å². The van der Waals surface area contributed by atoms with Crippen LogP contribution < -0.4 is 0 Å². The van der Waals surface area contributed by atoms with Crippen LogP contribution in [-0.2, 0) is 56.8 Å². The van der Waals surface area contributed by atoms with Gasteiger partial charge in [0, 0.05) is 18.4 Å². The van der Waals surface area contributed by atoms with Crippen molar-refractivity contribution in [3.8, 4) is 36.2 Å². The molecule has 4 heterocycles. The van der Waals surface area contributed by atoms with Crippen LogP contribution >= 0.6 is 0 Å². The van der Waals surface area contributed by atoms with Gasteiger partial charge in [0.05, 0.1) is 65.6 Å². The predicted octanol–water partition coefficient (Wildman–Crippen LogP) is -1.50. The number of rotatable bonds is 36. The van der Waals surface area contributed by atoms with Crippen LogP contribution in [0.15, 0.2) is 0 Å². The van der Waals surface area contributed by atoms with Crippen molar-refractivity contribution >= 4 is 0 Å². The third-order valence-corrected chi connectivity index (χ3v) is 13.7. The minimum absolute atomic E-state index is 0.0491. The second-order valence-corrected chi connectivity index (χ2v) is 19.5. The van der Waals surface area contributed by atoms with Crippen molar-refractivity contribution < 1.29 is 113 Å². The molecule has 0 aromatic heterocycles. The van der Waals surface area contributed by atoms with E-state index in [1.807, 2.05) is 0 Å². The molecular formula is C53H88O23. The molecule has 4 aliphatic rings. The first-order valence-electron chi connectivity index (χ1n) is 27.1. The Hall–Kier alpha value is -2.40. The van der Waals surface area contributed by atoms with Gasteiger partial charge in [-0.2, -0.15) is 0 Å². The summed E-state index contributed by atoms with van der Waals surface area (Å²) in [6.07, 6.45) is -7.05. The van der Waals surface area contributed by atoms with Crippen molar-refractivity contribution in [1.82, 2.24) is 0 Å². The standard InChI is InChI=1S/C53H88O23/c1-4-6-8-10-11-12-13-14-15-16-17-18-19-21-24-65-28-29-68-33-37-48(74-51-44(62)41(59)40(58)36(71-51)31-66-25-20-9-7-5-2)43(61)45(63)52(72-37)75-49-38(32-67-26-22-54)73-53(50(46(49)64)69-27-23-55)76-47-35(30-56)70-34(3)39(57)42(47)60/h2,34-64H,4,6,8,10-19,21-24,26-33H2,1,3H3/t34-,35-,36?,37-,38?,39?,40+,41-,42?,43?,44?,45?,46-,47+,48+,49+,50?,51-,52-,53-/m0/s1. The number of unbranched alkanes of at least 4 members (excludes halogenated alkanes) is 13. The van der Waals surface area contributed by atoms with E-state index in [0.29, 0.717) is 6.61 Å². The van der Waals surface area contributed by atoms with Crippen LogP contribution in [0.1, 0.15) is 104 Å². The molecule has 0 aromatic carbocycles. The summed E-state index contributed by atoms with van der Waals surface area (Å²) in [6.45, 7) is 1.13. The lowest BCUT2D eigenvalue weighted by Crippen LogP contribution is -2.68. The van der Waals surface area contributed by atoms with E-state index >= 15 is 0 Å². The smallest absolute Gasteiger partial charge is 0.187 e. The molecule has 23 heteroatoms. The SMILES string of the molecule is C#CC#CC#COCC1O[C@@H](O[C@H]2C(O)C(O)[C@H](O[C@@H]3C(COCCO)O[C@@H](O[C@H]4C(O)C(O)[C@H](C)O[C@H]4CO)C(OCCO)[C@H]3O)O[C@H]2COCCOCCCCCCCCCCCCCCCC)C(O)[C@@H](O)[C@@H]1O. The lowest BCUT2D eigenvalue weighted by atomic mass is 9.94. The molecular weight excluding hydrogens is 1000 g/mol. The largest absolute Gasteiger partial charge is 0.443 e. The first-order valence-corrected chi connectivity index (χ1v) is 27.1. The molecule has 0 amide bonds. The van der Waals surface area contributed by atoms with Crippen molar-refractivity contribution in [3.63, 3.8) is 0 Å². The van der Waals surface area contributed by atoms with Gasteiger partial charge in [-0.1, -0.05) is 90.4 Å². The average molecular weight is 1090 g/mol. The Morgan fingerprint density at radius 2 is 0.921 bits per heavy atom. The summed E-state index contributed by atoms with van der Waals surface area (Å²) < 4.78 is 70.6. The highest BCUT2D eigenvalue weighted by Gasteiger charge is 2.56. The van der Waals surface area contributed by atoms with Gasteiger partial charge in [-0.3, -0.25) is 0 Å². The number of aliphatic hydroxyl groups is 11. The molecule has 4 rings (SSSR count). The van der Waals surface area contributed by atoms with Crippen molar-refractivity contribution in [3.05, 3.63) is 0 Å². The third-order valence-electron chi connectivity index (χ3n) is 13.7. The summed E-state index contributed by atoms with van der Waals surface area (Å²) in [5.74, 6) is 9.05. The maximum Gasteiger partial charge on any atom is 0.187 e. The molecule has 8 unspecified atom stereocenters. The van der Waals surface area contributed by atoms with Gasteiger partial charge in [-0.15, -0.1) is 6.42 Å². The van der Waals surface area contributed by atoms with Gasteiger partial charge in [-0.05, 0) is 25.2 Å². The average Bonchev–Trinajstić information content (AvgIpc) is 3.42. The zero-order chi connectivity index (χ0) is 55.2. The number of hydrogen-bond acceptors (Lipinski definition) is 23. The van der Waals surface area contributed by atoms with Gasteiger partial charge in [0.1, 0.15) is 110 Å². The molecule has 0 aromatic rings. The maximum absolute atomic E-state index is 12.0. The van der Waals surface area contributed by atoms with Crippen molar-refractivity contribution in [2.45, 2.75) is 226 Å². The summed E-state index contributed by atoms with van der Waals surface area (Å²) in [5.41, 5.74) is 0. The zero-order valence-corrected chi connectivity index (χ0v) is 44.1. The Bertz CT molecular complexity index is 1700. The second-order valence-electron chi connectivity index (χ2n) is 19.5. The summed E-state index contributed by atoms with van der Waals surface area (Å²) in [4.78, 5) is 0. The van der Waals surface area contributed by atoms with E-state index in [0.717, 1.165) is 19.3 Å². The quantitative estimate of drug-likeness (QED) is 0.0251. The number of terminal acetylenes is 1. The van der Waals surface area contributed by atoms with Crippen LogP contribution in [0.2, 0.25) is 0 Å². The zero-order valence-electron chi connectivity index (χ0n) is 44.1. The van der Waals surface area contributed by atoms with Gasteiger partial charge in [0.25, 0.3) is 0 Å². The van der Waals surface area contributed by atoms with Crippen LogP contribution in [0.3, 0.4) is 0 Å². The molecule has 0 bridgehead atoms. The molecule has 11 N–H and O–H groups in total. The molecule has 438 valence electrons. The highest BCUT2D eigenvalue weighted by Crippen LogP contribution is 2.35. The normalized spacial score (nSPS) is 35.6. The highest BCUT2D eigenvalue weighted by molar-refractivity contribution is 5.32. The summed E-state index contributed by atoms with van der Waals surface area (Å²) >= 11 is 0. The van der Waals surface area contributed by atoms with E-state index in [1.54, 1.807) is 0 Å². The van der Waals surface area contributed by atoms with E-state index in [1.165, 1.54) is 77.6 Å².